The van der Waals surface area contributed by atoms with Crippen LogP contribution in [-0.4, -0.2) is 42.0 Å². The molecule has 0 saturated carbocycles. The van der Waals surface area contributed by atoms with E-state index in [1.54, 1.807) is 18.3 Å². The predicted molar refractivity (Wildman–Crippen MR) is 106 cm³/mol. The zero-order valence-corrected chi connectivity index (χ0v) is 16.5. The smallest absolute Gasteiger partial charge is 0.491 e. The summed E-state index contributed by atoms with van der Waals surface area (Å²) in [6.45, 7) is 8.60. The summed E-state index contributed by atoms with van der Waals surface area (Å²) >= 11 is 6.39. The minimum Gasteiger partial charge on any atom is -0.505 e. The van der Waals surface area contributed by atoms with E-state index in [0.717, 1.165) is 10.9 Å². The van der Waals surface area contributed by atoms with Crippen molar-refractivity contribution < 1.29 is 14.4 Å². The second-order valence-electron chi connectivity index (χ2n) is 7.53. The number of phenolic OH excluding ortho intramolecular Hbond substituents is 1. The highest BCUT2D eigenvalue weighted by Crippen LogP contribution is 2.40. The normalized spacial score (nSPS) is 19.3. The molecule has 1 aromatic heterocycles. The van der Waals surface area contributed by atoms with Gasteiger partial charge in [0.2, 0.25) is 0 Å². The Morgan fingerprint density at radius 3 is 2.58 bits per heavy atom. The van der Waals surface area contributed by atoms with Gasteiger partial charge in [-0.3, -0.25) is 4.98 Å². The van der Waals surface area contributed by atoms with E-state index in [4.69, 9.17) is 20.9 Å². The van der Waals surface area contributed by atoms with Gasteiger partial charge in [0, 0.05) is 23.7 Å². The van der Waals surface area contributed by atoms with Crippen molar-refractivity contribution in [1.82, 2.24) is 10.3 Å². The Labute approximate surface area is 159 Å². The fourth-order valence-electron chi connectivity index (χ4n) is 2.92. The standard InChI is InChI=1S/C19H24BClN2O3/c1-18(2)19(3,4)26-20(25-18)13(11-22-5)9-12-10-15(21)14-7-6-8-23-16(14)17(12)24/h6-10,22,24H,11H2,1-5H3. The van der Waals surface area contributed by atoms with E-state index in [2.05, 4.69) is 10.3 Å². The molecule has 2 heterocycles. The number of aromatic hydroxyl groups is 1. The molecule has 0 aliphatic carbocycles. The van der Waals surface area contributed by atoms with Gasteiger partial charge in [-0.1, -0.05) is 17.7 Å². The second kappa shape index (κ2) is 6.85. The lowest BCUT2D eigenvalue weighted by atomic mass is 9.77. The van der Waals surface area contributed by atoms with Crippen LogP contribution in [0.15, 0.2) is 29.9 Å². The van der Waals surface area contributed by atoms with Gasteiger partial charge in [0.15, 0.2) is 0 Å². The van der Waals surface area contributed by atoms with E-state index in [0.29, 0.717) is 22.6 Å². The van der Waals surface area contributed by atoms with Crippen LogP contribution in [0.3, 0.4) is 0 Å². The minimum absolute atomic E-state index is 0.0927. The molecule has 1 aliphatic heterocycles. The monoisotopic (exact) mass is 374 g/mol. The highest BCUT2D eigenvalue weighted by Gasteiger charge is 2.52. The summed E-state index contributed by atoms with van der Waals surface area (Å²) in [4.78, 5) is 4.26. The first-order chi connectivity index (χ1) is 12.2. The summed E-state index contributed by atoms with van der Waals surface area (Å²) in [5, 5.41) is 15.1. The van der Waals surface area contributed by atoms with Crippen LogP contribution in [0.5, 0.6) is 5.75 Å². The Bertz CT molecular complexity index is 851. The van der Waals surface area contributed by atoms with Crippen molar-refractivity contribution in [1.29, 1.82) is 0 Å². The molecule has 3 rings (SSSR count). The summed E-state index contributed by atoms with van der Waals surface area (Å²) < 4.78 is 12.3. The minimum atomic E-state index is -0.509. The zero-order chi connectivity index (χ0) is 19.1. The first-order valence-corrected chi connectivity index (χ1v) is 9.01. The molecule has 0 amide bonds. The van der Waals surface area contributed by atoms with Crippen LogP contribution in [0, 0.1) is 0 Å². The molecule has 0 atom stereocenters. The molecule has 0 spiro atoms. The van der Waals surface area contributed by atoms with Gasteiger partial charge in [0.25, 0.3) is 0 Å². The molecule has 1 saturated heterocycles. The second-order valence-corrected chi connectivity index (χ2v) is 7.94. The lowest BCUT2D eigenvalue weighted by molar-refractivity contribution is 0.00578. The molecule has 138 valence electrons. The molecule has 7 heteroatoms. The Morgan fingerprint density at radius 2 is 1.96 bits per heavy atom. The first kappa shape index (κ1) is 19.2. The maximum Gasteiger partial charge on any atom is 0.491 e. The van der Waals surface area contributed by atoms with Crippen molar-refractivity contribution in [3.63, 3.8) is 0 Å². The largest absolute Gasteiger partial charge is 0.505 e. The van der Waals surface area contributed by atoms with Crippen molar-refractivity contribution in [3.05, 3.63) is 40.5 Å². The molecule has 0 radical (unpaired) electrons. The highest BCUT2D eigenvalue weighted by molar-refractivity contribution is 6.56. The SMILES string of the molecule is CNCC(=Cc1cc(Cl)c2cccnc2c1O)B1OC(C)(C)C(C)(C)O1. The van der Waals surface area contributed by atoms with Crippen LogP contribution in [0.2, 0.25) is 5.02 Å². The third-order valence-corrected chi connectivity index (χ3v) is 5.44. The zero-order valence-electron chi connectivity index (χ0n) is 15.8. The Morgan fingerprint density at radius 1 is 1.31 bits per heavy atom. The lowest BCUT2D eigenvalue weighted by Gasteiger charge is -2.32. The predicted octanol–water partition coefficient (Wildman–Crippen LogP) is 3.83. The molecule has 26 heavy (non-hydrogen) atoms. The quantitative estimate of drug-likeness (QED) is 0.796. The molecule has 0 unspecified atom stereocenters. The van der Waals surface area contributed by atoms with Gasteiger partial charge >= 0.3 is 7.12 Å². The van der Waals surface area contributed by atoms with Crippen LogP contribution < -0.4 is 5.32 Å². The number of phenols is 1. The number of pyridine rings is 1. The van der Waals surface area contributed by atoms with Crippen LogP contribution in [0.4, 0.5) is 0 Å². The summed E-state index contributed by atoms with van der Waals surface area (Å²) in [5.74, 6) is 0.0927. The average molecular weight is 375 g/mol. The molecular weight excluding hydrogens is 350 g/mol. The molecule has 1 aliphatic rings. The van der Waals surface area contributed by atoms with Crippen LogP contribution in [0.1, 0.15) is 33.3 Å². The number of aromatic nitrogens is 1. The van der Waals surface area contributed by atoms with Crippen molar-refractivity contribution >= 4 is 35.7 Å². The van der Waals surface area contributed by atoms with Crippen LogP contribution in [-0.2, 0) is 9.31 Å². The number of nitrogens with zero attached hydrogens (tertiary/aromatic N) is 1. The third kappa shape index (κ3) is 3.34. The molecule has 1 fully saturated rings. The lowest BCUT2D eigenvalue weighted by Crippen LogP contribution is -2.41. The highest BCUT2D eigenvalue weighted by atomic mass is 35.5. The van der Waals surface area contributed by atoms with Crippen molar-refractivity contribution in [2.45, 2.75) is 38.9 Å². The van der Waals surface area contributed by atoms with E-state index in [1.165, 1.54) is 0 Å². The Balaban J connectivity index is 2.06. The number of rotatable bonds is 4. The Hall–Kier alpha value is -1.60. The fourth-order valence-corrected chi connectivity index (χ4v) is 3.19. The van der Waals surface area contributed by atoms with Crippen molar-refractivity contribution in [3.8, 4) is 5.75 Å². The summed E-state index contributed by atoms with van der Waals surface area (Å²) in [5.41, 5.74) is 1.06. The maximum atomic E-state index is 10.7. The van der Waals surface area contributed by atoms with E-state index >= 15 is 0 Å². The number of halogens is 1. The number of benzene rings is 1. The van der Waals surface area contributed by atoms with Crippen LogP contribution in [0.25, 0.3) is 17.0 Å². The van der Waals surface area contributed by atoms with E-state index in [1.807, 2.05) is 46.9 Å². The van der Waals surface area contributed by atoms with Gasteiger partial charge in [-0.2, -0.15) is 0 Å². The number of nitrogens with one attached hydrogen (secondary N) is 1. The van der Waals surface area contributed by atoms with Gasteiger partial charge in [-0.25, -0.2) is 0 Å². The summed E-state index contributed by atoms with van der Waals surface area (Å²) in [6.07, 6.45) is 3.49. The third-order valence-electron chi connectivity index (χ3n) is 5.12. The summed E-state index contributed by atoms with van der Waals surface area (Å²) in [6, 6.07) is 5.36. The molecule has 5 nitrogen and oxygen atoms in total. The molecule has 2 N–H and O–H groups in total. The van der Waals surface area contributed by atoms with Gasteiger partial charge in [0.05, 0.1) is 16.2 Å². The van der Waals surface area contributed by atoms with Gasteiger partial charge in [-0.15, -0.1) is 0 Å². The topological polar surface area (TPSA) is 63.6 Å². The summed E-state index contributed by atoms with van der Waals surface area (Å²) in [7, 11) is 1.35. The van der Waals surface area contributed by atoms with E-state index < -0.39 is 18.3 Å². The molecule has 1 aromatic carbocycles. The molecule has 2 aromatic rings. The van der Waals surface area contributed by atoms with Crippen molar-refractivity contribution in [2.75, 3.05) is 13.6 Å². The number of hydrogen-bond donors (Lipinski definition) is 2. The Kier molecular flexibility index (Phi) is 5.05. The molecular formula is C19H24BClN2O3. The van der Waals surface area contributed by atoms with Gasteiger partial charge in [0.1, 0.15) is 11.3 Å². The number of fused-ring (bicyclic) bond motifs is 1. The van der Waals surface area contributed by atoms with E-state index in [-0.39, 0.29) is 5.75 Å². The van der Waals surface area contributed by atoms with Gasteiger partial charge in [-0.05, 0) is 58.4 Å². The fraction of sp³-hybridized carbons (Fsp3) is 0.421. The number of likely N-dealkylation sites (N-methyl/N-ethyl adjacent to an activating group) is 1. The maximum absolute atomic E-state index is 10.7. The van der Waals surface area contributed by atoms with Crippen LogP contribution >= 0.6 is 11.6 Å². The average Bonchev–Trinajstić information content (AvgIpc) is 2.79. The van der Waals surface area contributed by atoms with Gasteiger partial charge < -0.3 is 19.7 Å². The van der Waals surface area contributed by atoms with E-state index in [9.17, 15) is 5.11 Å². The first-order valence-electron chi connectivity index (χ1n) is 8.63. The molecule has 0 bridgehead atoms. The number of hydrogen-bond acceptors (Lipinski definition) is 5. The van der Waals surface area contributed by atoms with Crippen molar-refractivity contribution in [2.24, 2.45) is 0 Å².